The Morgan fingerprint density at radius 2 is 1.77 bits per heavy atom. The summed E-state index contributed by atoms with van der Waals surface area (Å²) in [5.41, 5.74) is 2.38. The number of aromatic nitrogens is 2. The maximum absolute atomic E-state index is 5.38. The summed E-state index contributed by atoms with van der Waals surface area (Å²) in [6, 6.07) is 20.4. The van der Waals surface area contributed by atoms with Crippen LogP contribution in [-0.4, -0.2) is 23.6 Å². The minimum absolute atomic E-state index is 0.174. The van der Waals surface area contributed by atoms with E-state index in [1.807, 2.05) is 42.5 Å². The molecule has 0 aliphatic rings. The number of nitrogens with zero attached hydrogens (tertiary/aromatic N) is 2. The van der Waals surface area contributed by atoms with Crippen molar-refractivity contribution in [2.75, 3.05) is 24.3 Å². The molecule has 5 heteroatoms. The van der Waals surface area contributed by atoms with E-state index >= 15 is 0 Å². The highest BCUT2D eigenvalue weighted by molar-refractivity contribution is 5.42. The van der Waals surface area contributed by atoms with Crippen LogP contribution in [0.1, 0.15) is 24.1 Å². The number of anilines is 2. The fourth-order valence-corrected chi connectivity index (χ4v) is 2.79. The zero-order chi connectivity index (χ0) is 18.2. The van der Waals surface area contributed by atoms with E-state index in [4.69, 9.17) is 4.74 Å². The van der Waals surface area contributed by atoms with Crippen LogP contribution >= 0.6 is 0 Å². The summed E-state index contributed by atoms with van der Waals surface area (Å²) in [6.07, 6.45) is 2.60. The van der Waals surface area contributed by atoms with Gasteiger partial charge in [-0.15, -0.1) is 0 Å². The van der Waals surface area contributed by atoms with E-state index < -0.39 is 0 Å². The molecule has 0 aliphatic carbocycles. The van der Waals surface area contributed by atoms with Crippen LogP contribution < -0.4 is 15.4 Å². The molecule has 2 N–H and O–H groups in total. The lowest BCUT2D eigenvalue weighted by Crippen LogP contribution is -2.11. The summed E-state index contributed by atoms with van der Waals surface area (Å²) in [5, 5.41) is 6.69. The van der Waals surface area contributed by atoms with Crippen LogP contribution in [0.3, 0.4) is 0 Å². The minimum Gasteiger partial charge on any atom is -0.496 e. The van der Waals surface area contributed by atoms with Crippen LogP contribution in [0.25, 0.3) is 0 Å². The maximum Gasteiger partial charge on any atom is 0.224 e. The van der Waals surface area contributed by atoms with Crippen LogP contribution in [-0.2, 0) is 6.42 Å². The second kappa shape index (κ2) is 8.85. The topological polar surface area (TPSA) is 59.1 Å². The van der Waals surface area contributed by atoms with Gasteiger partial charge >= 0.3 is 0 Å². The molecule has 0 fully saturated rings. The fraction of sp³-hybridized carbons (Fsp3) is 0.238. The quantitative estimate of drug-likeness (QED) is 0.635. The van der Waals surface area contributed by atoms with Crippen LogP contribution in [0.15, 0.2) is 66.9 Å². The molecule has 1 heterocycles. The number of hydrogen-bond donors (Lipinski definition) is 2. The Balaban J connectivity index is 1.57. The summed E-state index contributed by atoms with van der Waals surface area (Å²) >= 11 is 0. The summed E-state index contributed by atoms with van der Waals surface area (Å²) in [6.45, 7) is 2.85. The van der Waals surface area contributed by atoms with Gasteiger partial charge in [0, 0.05) is 18.8 Å². The number of benzene rings is 2. The van der Waals surface area contributed by atoms with Crippen molar-refractivity contribution in [2.24, 2.45) is 0 Å². The first kappa shape index (κ1) is 17.7. The van der Waals surface area contributed by atoms with Crippen molar-refractivity contribution in [3.05, 3.63) is 78.0 Å². The largest absolute Gasteiger partial charge is 0.496 e. The van der Waals surface area contributed by atoms with E-state index in [-0.39, 0.29) is 6.04 Å². The summed E-state index contributed by atoms with van der Waals surface area (Å²) < 4.78 is 5.38. The Kier molecular flexibility index (Phi) is 6.04. The molecule has 0 bridgehead atoms. The van der Waals surface area contributed by atoms with Gasteiger partial charge < -0.3 is 15.4 Å². The maximum atomic E-state index is 5.38. The fourth-order valence-electron chi connectivity index (χ4n) is 2.79. The Bertz CT molecular complexity index is 823. The second-order valence-electron chi connectivity index (χ2n) is 6.03. The summed E-state index contributed by atoms with van der Waals surface area (Å²) in [5.74, 6) is 2.32. The van der Waals surface area contributed by atoms with Crippen LogP contribution in [0.2, 0.25) is 0 Å². The number of rotatable bonds is 8. The van der Waals surface area contributed by atoms with E-state index in [0.29, 0.717) is 5.95 Å². The average Bonchev–Trinajstić information content (AvgIpc) is 2.69. The lowest BCUT2D eigenvalue weighted by Gasteiger charge is -2.15. The molecule has 0 radical (unpaired) electrons. The number of nitrogens with one attached hydrogen (secondary N) is 2. The second-order valence-corrected chi connectivity index (χ2v) is 6.03. The van der Waals surface area contributed by atoms with Gasteiger partial charge in [-0.1, -0.05) is 48.5 Å². The molecule has 1 atom stereocenters. The molecule has 26 heavy (non-hydrogen) atoms. The van der Waals surface area contributed by atoms with Crippen LogP contribution in [0, 0.1) is 0 Å². The van der Waals surface area contributed by atoms with Crippen molar-refractivity contribution in [1.82, 2.24) is 9.97 Å². The molecule has 5 nitrogen and oxygen atoms in total. The third-order valence-corrected chi connectivity index (χ3v) is 4.19. The molecule has 0 amide bonds. The van der Waals surface area contributed by atoms with Gasteiger partial charge in [0.05, 0.1) is 7.11 Å². The Labute approximate surface area is 154 Å². The van der Waals surface area contributed by atoms with E-state index in [2.05, 4.69) is 45.7 Å². The van der Waals surface area contributed by atoms with Crippen molar-refractivity contribution in [3.63, 3.8) is 0 Å². The summed E-state index contributed by atoms with van der Waals surface area (Å²) in [4.78, 5) is 8.85. The predicted octanol–water partition coefficient (Wildman–Crippen LogP) is 4.31. The van der Waals surface area contributed by atoms with Crippen molar-refractivity contribution >= 4 is 11.8 Å². The van der Waals surface area contributed by atoms with Crippen molar-refractivity contribution < 1.29 is 4.74 Å². The van der Waals surface area contributed by atoms with E-state index in [9.17, 15) is 0 Å². The molecule has 1 aromatic heterocycles. The highest BCUT2D eigenvalue weighted by Crippen LogP contribution is 2.19. The van der Waals surface area contributed by atoms with E-state index in [1.54, 1.807) is 13.3 Å². The molecule has 0 spiro atoms. The molecule has 2 aromatic carbocycles. The highest BCUT2D eigenvalue weighted by Gasteiger charge is 2.07. The van der Waals surface area contributed by atoms with E-state index in [1.165, 1.54) is 5.56 Å². The predicted molar refractivity (Wildman–Crippen MR) is 106 cm³/mol. The standard InChI is InChI=1S/C21H24N4O/c1-16(17-8-4-3-5-9-17)24-20-13-15-23-21(25-20)22-14-12-18-10-6-7-11-19(18)26-2/h3-11,13,15-16H,12,14H2,1-2H3,(H2,22,23,24,25). The molecule has 3 aromatic rings. The van der Waals surface area contributed by atoms with Gasteiger partial charge in [-0.3, -0.25) is 0 Å². The van der Waals surface area contributed by atoms with E-state index in [0.717, 1.165) is 30.1 Å². The first-order valence-electron chi connectivity index (χ1n) is 8.76. The molecule has 0 saturated heterocycles. The zero-order valence-electron chi connectivity index (χ0n) is 15.1. The van der Waals surface area contributed by atoms with Crippen molar-refractivity contribution in [3.8, 4) is 5.75 Å². The van der Waals surface area contributed by atoms with Crippen molar-refractivity contribution in [1.29, 1.82) is 0 Å². The first-order chi connectivity index (χ1) is 12.8. The van der Waals surface area contributed by atoms with Gasteiger partial charge in [0.1, 0.15) is 11.6 Å². The number of ether oxygens (including phenoxy) is 1. The lowest BCUT2D eigenvalue weighted by molar-refractivity contribution is 0.410. The SMILES string of the molecule is COc1ccccc1CCNc1nccc(NC(C)c2ccccc2)n1. The molecule has 0 saturated carbocycles. The first-order valence-corrected chi connectivity index (χ1v) is 8.76. The number of methoxy groups -OCH3 is 1. The molecule has 0 aliphatic heterocycles. The smallest absolute Gasteiger partial charge is 0.224 e. The molecule has 1 unspecified atom stereocenters. The molecular formula is C21H24N4O. The van der Waals surface area contributed by atoms with Gasteiger partial charge in [0.15, 0.2) is 0 Å². The zero-order valence-corrected chi connectivity index (χ0v) is 15.1. The van der Waals surface area contributed by atoms with Crippen LogP contribution in [0.5, 0.6) is 5.75 Å². The monoisotopic (exact) mass is 348 g/mol. The number of hydrogen-bond acceptors (Lipinski definition) is 5. The highest BCUT2D eigenvalue weighted by atomic mass is 16.5. The van der Waals surface area contributed by atoms with Gasteiger partial charge in [-0.25, -0.2) is 4.98 Å². The average molecular weight is 348 g/mol. The third-order valence-electron chi connectivity index (χ3n) is 4.19. The van der Waals surface area contributed by atoms with Gasteiger partial charge in [0.2, 0.25) is 5.95 Å². The van der Waals surface area contributed by atoms with Gasteiger partial charge in [-0.2, -0.15) is 4.98 Å². The minimum atomic E-state index is 0.174. The normalized spacial score (nSPS) is 11.6. The Morgan fingerprint density at radius 3 is 2.58 bits per heavy atom. The third kappa shape index (κ3) is 4.72. The Hall–Kier alpha value is -3.08. The Morgan fingerprint density at radius 1 is 1.00 bits per heavy atom. The molecule has 134 valence electrons. The lowest BCUT2D eigenvalue weighted by atomic mass is 10.1. The molecular weight excluding hydrogens is 324 g/mol. The summed E-state index contributed by atoms with van der Waals surface area (Å²) in [7, 11) is 1.69. The van der Waals surface area contributed by atoms with Gasteiger partial charge in [-0.05, 0) is 36.6 Å². The number of para-hydroxylation sites is 1. The molecule has 3 rings (SSSR count). The van der Waals surface area contributed by atoms with Gasteiger partial charge in [0.25, 0.3) is 0 Å². The van der Waals surface area contributed by atoms with Crippen molar-refractivity contribution in [2.45, 2.75) is 19.4 Å². The van der Waals surface area contributed by atoms with Crippen LogP contribution in [0.4, 0.5) is 11.8 Å².